The van der Waals surface area contributed by atoms with Crippen molar-refractivity contribution < 1.29 is 23.8 Å². The number of esters is 1. The maximum atomic E-state index is 11.8. The van der Waals surface area contributed by atoms with E-state index in [4.69, 9.17) is 9.47 Å². The highest BCUT2D eigenvalue weighted by molar-refractivity contribution is 5.89. The van der Waals surface area contributed by atoms with Crippen LogP contribution in [0.15, 0.2) is 36.4 Å². The molecule has 108 valence electrons. The second-order valence-corrected chi connectivity index (χ2v) is 3.98. The number of para-hydroxylation sites is 2. The number of anilines is 1. The molecule has 0 spiro atoms. The molecule has 0 heterocycles. The maximum absolute atomic E-state index is 11.8. The minimum absolute atomic E-state index is 0.368. The topological polar surface area (TPSA) is 73.9 Å². The summed E-state index contributed by atoms with van der Waals surface area (Å²) in [6.07, 6.45) is -1.94. The van der Waals surface area contributed by atoms with Gasteiger partial charge in [0.1, 0.15) is 5.75 Å². The third kappa shape index (κ3) is 4.01. The minimum Gasteiger partial charge on any atom is -0.495 e. The number of hydrogen-bond donors (Lipinski definition) is 1. The lowest BCUT2D eigenvalue weighted by Gasteiger charge is -2.16. The molecule has 1 unspecified atom stereocenters. The van der Waals surface area contributed by atoms with Crippen LogP contribution < -0.4 is 10.1 Å². The highest BCUT2D eigenvalue weighted by Crippen LogP contribution is 2.23. The Morgan fingerprint density at radius 3 is 2.45 bits per heavy atom. The SMILES string of the molecule is C=C(C)C(OC(=O)Nc1ccccc1OC)C(=O)OC. The van der Waals surface area contributed by atoms with E-state index in [2.05, 4.69) is 16.6 Å². The number of carbonyl (C=O) groups excluding carboxylic acids is 2. The van der Waals surface area contributed by atoms with E-state index in [1.54, 1.807) is 31.2 Å². The average Bonchev–Trinajstić information content (AvgIpc) is 2.44. The monoisotopic (exact) mass is 279 g/mol. The molecule has 0 aliphatic rings. The van der Waals surface area contributed by atoms with Gasteiger partial charge in [0.05, 0.1) is 19.9 Å². The van der Waals surface area contributed by atoms with Gasteiger partial charge in [-0.15, -0.1) is 0 Å². The molecule has 1 amide bonds. The minimum atomic E-state index is -1.14. The normalized spacial score (nSPS) is 11.2. The number of benzene rings is 1. The number of ether oxygens (including phenoxy) is 3. The van der Waals surface area contributed by atoms with Gasteiger partial charge in [-0.3, -0.25) is 5.32 Å². The van der Waals surface area contributed by atoms with E-state index in [0.717, 1.165) is 0 Å². The second kappa shape index (κ2) is 7.18. The summed E-state index contributed by atoms with van der Waals surface area (Å²) < 4.78 is 14.6. The maximum Gasteiger partial charge on any atom is 0.412 e. The van der Waals surface area contributed by atoms with Crippen molar-refractivity contribution in [3.8, 4) is 5.75 Å². The summed E-state index contributed by atoms with van der Waals surface area (Å²) in [7, 11) is 2.69. The van der Waals surface area contributed by atoms with Crippen molar-refractivity contribution in [2.24, 2.45) is 0 Å². The van der Waals surface area contributed by atoms with Crippen molar-refractivity contribution in [1.82, 2.24) is 0 Å². The van der Waals surface area contributed by atoms with Crippen LogP contribution in [0.25, 0.3) is 0 Å². The molecule has 1 atom stereocenters. The fraction of sp³-hybridized carbons (Fsp3) is 0.286. The molecule has 0 fully saturated rings. The Morgan fingerprint density at radius 1 is 1.25 bits per heavy atom. The molecule has 6 heteroatoms. The molecule has 0 aromatic heterocycles. The first-order valence-electron chi connectivity index (χ1n) is 5.83. The Labute approximate surface area is 117 Å². The Kier molecular flexibility index (Phi) is 5.58. The highest BCUT2D eigenvalue weighted by atomic mass is 16.6. The van der Waals surface area contributed by atoms with Crippen molar-refractivity contribution in [3.63, 3.8) is 0 Å². The van der Waals surface area contributed by atoms with Crippen LogP contribution in [0.4, 0.5) is 10.5 Å². The first kappa shape index (κ1) is 15.6. The summed E-state index contributed by atoms with van der Waals surface area (Å²) in [5.41, 5.74) is 0.803. The smallest absolute Gasteiger partial charge is 0.412 e. The van der Waals surface area contributed by atoms with Crippen LogP contribution in [0.5, 0.6) is 5.75 Å². The highest BCUT2D eigenvalue weighted by Gasteiger charge is 2.24. The van der Waals surface area contributed by atoms with Gasteiger partial charge in [-0.25, -0.2) is 9.59 Å². The van der Waals surface area contributed by atoms with Crippen molar-refractivity contribution >= 4 is 17.7 Å². The van der Waals surface area contributed by atoms with Crippen LogP contribution in [-0.4, -0.2) is 32.4 Å². The molecule has 0 saturated carbocycles. The lowest BCUT2D eigenvalue weighted by Crippen LogP contribution is -2.31. The van der Waals surface area contributed by atoms with E-state index in [-0.39, 0.29) is 0 Å². The van der Waals surface area contributed by atoms with Gasteiger partial charge in [0.25, 0.3) is 0 Å². The predicted molar refractivity (Wildman–Crippen MR) is 73.7 cm³/mol. The first-order chi connectivity index (χ1) is 9.49. The van der Waals surface area contributed by atoms with Crippen LogP contribution in [0, 0.1) is 0 Å². The zero-order valence-electron chi connectivity index (χ0n) is 11.6. The summed E-state index contributed by atoms with van der Waals surface area (Å²) in [6.45, 7) is 5.16. The largest absolute Gasteiger partial charge is 0.495 e. The molecule has 1 rings (SSSR count). The van der Waals surface area contributed by atoms with E-state index in [0.29, 0.717) is 17.0 Å². The van der Waals surface area contributed by atoms with Gasteiger partial charge in [0.15, 0.2) is 0 Å². The van der Waals surface area contributed by atoms with Crippen LogP contribution in [0.1, 0.15) is 6.92 Å². The van der Waals surface area contributed by atoms with Gasteiger partial charge in [0.2, 0.25) is 6.10 Å². The average molecular weight is 279 g/mol. The van der Waals surface area contributed by atoms with E-state index in [1.165, 1.54) is 14.2 Å². The Morgan fingerprint density at radius 2 is 1.90 bits per heavy atom. The molecule has 1 N–H and O–H groups in total. The Bertz CT molecular complexity index is 512. The third-order valence-electron chi connectivity index (χ3n) is 2.43. The number of nitrogens with one attached hydrogen (secondary N) is 1. The van der Waals surface area contributed by atoms with E-state index in [9.17, 15) is 9.59 Å². The zero-order valence-corrected chi connectivity index (χ0v) is 11.6. The summed E-state index contributed by atoms with van der Waals surface area (Å²) in [4.78, 5) is 23.2. The molecular formula is C14H17NO5. The standard InChI is InChI=1S/C14H17NO5/c1-9(2)12(13(16)19-4)20-14(17)15-10-7-5-6-8-11(10)18-3/h5-8,12H,1H2,2-4H3,(H,15,17). The van der Waals surface area contributed by atoms with E-state index in [1.807, 2.05) is 0 Å². The van der Waals surface area contributed by atoms with Gasteiger partial charge < -0.3 is 14.2 Å². The third-order valence-corrected chi connectivity index (χ3v) is 2.43. The Balaban J connectivity index is 2.76. The van der Waals surface area contributed by atoms with Crippen LogP contribution in [-0.2, 0) is 14.3 Å². The number of amides is 1. The fourth-order valence-corrected chi connectivity index (χ4v) is 1.45. The molecule has 0 bridgehead atoms. The number of hydrogen-bond acceptors (Lipinski definition) is 5. The second-order valence-electron chi connectivity index (χ2n) is 3.98. The Hall–Kier alpha value is -2.50. The van der Waals surface area contributed by atoms with E-state index >= 15 is 0 Å². The lowest BCUT2D eigenvalue weighted by molar-refractivity contribution is -0.148. The predicted octanol–water partition coefficient (Wildman–Crippen LogP) is 2.36. The van der Waals surface area contributed by atoms with Gasteiger partial charge in [-0.1, -0.05) is 18.7 Å². The van der Waals surface area contributed by atoms with Crippen molar-refractivity contribution in [2.75, 3.05) is 19.5 Å². The summed E-state index contributed by atoms with van der Waals surface area (Å²) in [6, 6.07) is 6.83. The summed E-state index contributed by atoms with van der Waals surface area (Å²) >= 11 is 0. The van der Waals surface area contributed by atoms with Gasteiger partial charge in [-0.05, 0) is 24.6 Å². The zero-order chi connectivity index (χ0) is 15.1. The molecule has 0 radical (unpaired) electrons. The van der Waals surface area contributed by atoms with Crippen molar-refractivity contribution in [1.29, 1.82) is 0 Å². The molecule has 0 saturated heterocycles. The van der Waals surface area contributed by atoms with Crippen molar-refractivity contribution in [3.05, 3.63) is 36.4 Å². The van der Waals surface area contributed by atoms with Gasteiger partial charge in [0, 0.05) is 0 Å². The molecule has 0 aliphatic carbocycles. The van der Waals surface area contributed by atoms with E-state index < -0.39 is 18.2 Å². The summed E-state index contributed by atoms with van der Waals surface area (Å²) in [5.74, 6) is -0.206. The lowest BCUT2D eigenvalue weighted by atomic mass is 10.2. The quantitative estimate of drug-likeness (QED) is 0.661. The van der Waals surface area contributed by atoms with Gasteiger partial charge >= 0.3 is 12.1 Å². The van der Waals surface area contributed by atoms with Gasteiger partial charge in [-0.2, -0.15) is 0 Å². The van der Waals surface area contributed by atoms with Crippen LogP contribution in [0.2, 0.25) is 0 Å². The number of rotatable bonds is 5. The molecule has 1 aromatic rings. The number of carbonyl (C=O) groups is 2. The number of methoxy groups -OCH3 is 2. The van der Waals surface area contributed by atoms with Crippen LogP contribution in [0.3, 0.4) is 0 Å². The molecule has 1 aromatic carbocycles. The van der Waals surface area contributed by atoms with Crippen LogP contribution >= 0.6 is 0 Å². The van der Waals surface area contributed by atoms with Crippen molar-refractivity contribution in [2.45, 2.75) is 13.0 Å². The molecular weight excluding hydrogens is 262 g/mol. The molecule has 20 heavy (non-hydrogen) atoms. The first-order valence-corrected chi connectivity index (χ1v) is 5.83. The fourth-order valence-electron chi connectivity index (χ4n) is 1.45. The molecule has 6 nitrogen and oxygen atoms in total. The molecule has 0 aliphatic heterocycles. The summed E-state index contributed by atoms with van der Waals surface area (Å²) in [5, 5.41) is 2.49.